The third-order valence-corrected chi connectivity index (χ3v) is 3.81. The molecular formula is C14H19N3O4. The van der Waals surface area contributed by atoms with Crippen molar-refractivity contribution in [2.45, 2.75) is 19.9 Å². The van der Waals surface area contributed by atoms with Gasteiger partial charge in [0.25, 0.3) is 0 Å². The molecule has 0 spiro atoms. The number of anilines is 1. The van der Waals surface area contributed by atoms with Gasteiger partial charge in [-0.3, -0.25) is 15.0 Å². The van der Waals surface area contributed by atoms with E-state index in [4.69, 9.17) is 5.11 Å². The highest BCUT2D eigenvalue weighted by molar-refractivity contribution is 5.95. The smallest absolute Gasteiger partial charge is 0.342 e. The fraction of sp³-hybridized carbons (Fsp3) is 0.500. The number of para-hydroxylation sites is 1. The van der Waals surface area contributed by atoms with Crippen molar-refractivity contribution in [2.75, 3.05) is 31.1 Å². The molecule has 1 aromatic carbocycles. The molecule has 1 heterocycles. The van der Waals surface area contributed by atoms with Gasteiger partial charge in [0.05, 0.1) is 4.92 Å². The van der Waals surface area contributed by atoms with Gasteiger partial charge in [0.1, 0.15) is 11.3 Å². The first-order chi connectivity index (χ1) is 9.91. The minimum atomic E-state index is -1.27. The molecular weight excluding hydrogens is 274 g/mol. The van der Waals surface area contributed by atoms with Gasteiger partial charge in [-0.2, -0.15) is 0 Å². The average molecular weight is 293 g/mol. The lowest BCUT2D eigenvalue weighted by atomic mass is 10.1. The number of carbonyl (C=O) groups is 1. The molecule has 0 atom stereocenters. The molecule has 0 unspecified atom stereocenters. The van der Waals surface area contributed by atoms with Gasteiger partial charge in [0.2, 0.25) is 0 Å². The van der Waals surface area contributed by atoms with Crippen molar-refractivity contribution in [3.63, 3.8) is 0 Å². The highest BCUT2D eigenvalue weighted by Gasteiger charge is 2.29. The molecule has 1 saturated heterocycles. The van der Waals surface area contributed by atoms with Crippen molar-refractivity contribution in [1.29, 1.82) is 0 Å². The Labute approximate surface area is 122 Å². The van der Waals surface area contributed by atoms with Crippen LogP contribution in [0, 0.1) is 10.1 Å². The number of carboxylic acids is 1. The molecule has 0 amide bonds. The second-order valence-corrected chi connectivity index (χ2v) is 5.35. The zero-order valence-electron chi connectivity index (χ0n) is 12.2. The van der Waals surface area contributed by atoms with Crippen LogP contribution in [0.2, 0.25) is 0 Å². The van der Waals surface area contributed by atoms with Crippen LogP contribution in [0.25, 0.3) is 0 Å². The Morgan fingerprint density at radius 1 is 1.29 bits per heavy atom. The Morgan fingerprint density at radius 3 is 2.38 bits per heavy atom. The molecule has 114 valence electrons. The zero-order chi connectivity index (χ0) is 15.6. The van der Waals surface area contributed by atoms with E-state index in [1.807, 2.05) is 4.90 Å². The van der Waals surface area contributed by atoms with Crippen LogP contribution in [0.1, 0.15) is 24.2 Å². The topological polar surface area (TPSA) is 86.9 Å². The minimum absolute atomic E-state index is 0.260. The second-order valence-electron chi connectivity index (χ2n) is 5.35. The molecule has 1 aliphatic heterocycles. The van der Waals surface area contributed by atoms with Gasteiger partial charge in [0, 0.05) is 32.2 Å². The van der Waals surface area contributed by atoms with Crippen LogP contribution in [0.3, 0.4) is 0 Å². The van der Waals surface area contributed by atoms with E-state index in [9.17, 15) is 14.9 Å². The second kappa shape index (κ2) is 6.09. The summed E-state index contributed by atoms with van der Waals surface area (Å²) in [5.74, 6) is -1.27. The quantitative estimate of drug-likeness (QED) is 0.673. The summed E-state index contributed by atoms with van der Waals surface area (Å²) in [7, 11) is 0. The van der Waals surface area contributed by atoms with E-state index >= 15 is 0 Å². The van der Waals surface area contributed by atoms with E-state index in [1.54, 1.807) is 12.1 Å². The van der Waals surface area contributed by atoms with Gasteiger partial charge >= 0.3 is 11.7 Å². The van der Waals surface area contributed by atoms with Crippen LogP contribution < -0.4 is 4.90 Å². The number of nitro benzene ring substituents is 1. The van der Waals surface area contributed by atoms with E-state index in [-0.39, 0.29) is 11.3 Å². The number of hydrogen-bond donors (Lipinski definition) is 1. The molecule has 1 aliphatic rings. The predicted molar refractivity (Wildman–Crippen MR) is 79.0 cm³/mol. The highest BCUT2D eigenvalue weighted by atomic mass is 16.6. The molecule has 0 saturated carbocycles. The summed E-state index contributed by atoms with van der Waals surface area (Å²) in [6.45, 7) is 7.16. The third kappa shape index (κ3) is 3.13. The summed E-state index contributed by atoms with van der Waals surface area (Å²) in [4.78, 5) is 26.0. The molecule has 1 aromatic rings. The minimum Gasteiger partial charge on any atom is -0.477 e. The normalized spacial score (nSPS) is 16.2. The third-order valence-electron chi connectivity index (χ3n) is 3.81. The highest BCUT2D eigenvalue weighted by Crippen LogP contribution is 2.32. The summed E-state index contributed by atoms with van der Waals surface area (Å²) in [6, 6.07) is 4.89. The molecule has 2 rings (SSSR count). The first-order valence-electron chi connectivity index (χ1n) is 6.91. The van der Waals surface area contributed by atoms with Gasteiger partial charge < -0.3 is 10.0 Å². The zero-order valence-corrected chi connectivity index (χ0v) is 12.2. The monoisotopic (exact) mass is 293 g/mol. The average Bonchev–Trinajstić information content (AvgIpc) is 2.46. The van der Waals surface area contributed by atoms with Crippen LogP contribution in [0.5, 0.6) is 0 Å². The van der Waals surface area contributed by atoms with E-state index in [0.717, 1.165) is 13.1 Å². The van der Waals surface area contributed by atoms with Crippen molar-refractivity contribution in [1.82, 2.24) is 4.90 Å². The SMILES string of the molecule is CC(C)N1CCN(c2cccc(C(=O)O)c2[N+](=O)[O-])CC1. The van der Waals surface area contributed by atoms with E-state index in [1.165, 1.54) is 6.07 Å². The Kier molecular flexibility index (Phi) is 4.42. The summed E-state index contributed by atoms with van der Waals surface area (Å²) < 4.78 is 0. The fourth-order valence-electron chi connectivity index (χ4n) is 2.63. The lowest BCUT2D eigenvalue weighted by Crippen LogP contribution is -2.49. The number of benzene rings is 1. The maximum atomic E-state index is 11.3. The number of piperazine rings is 1. The van der Waals surface area contributed by atoms with E-state index in [0.29, 0.717) is 24.8 Å². The molecule has 1 N–H and O–H groups in total. The van der Waals surface area contributed by atoms with Gasteiger partial charge in [-0.15, -0.1) is 0 Å². The molecule has 1 fully saturated rings. The van der Waals surface area contributed by atoms with Crippen molar-refractivity contribution < 1.29 is 14.8 Å². The van der Waals surface area contributed by atoms with Gasteiger partial charge in [-0.25, -0.2) is 4.79 Å². The predicted octanol–water partition coefficient (Wildman–Crippen LogP) is 1.82. The molecule has 0 bridgehead atoms. The molecule has 0 aliphatic carbocycles. The number of nitro groups is 1. The number of hydrogen-bond acceptors (Lipinski definition) is 5. The van der Waals surface area contributed by atoms with Crippen LogP contribution in [-0.2, 0) is 0 Å². The standard InChI is InChI=1S/C14H19N3O4/c1-10(2)15-6-8-16(9-7-15)12-5-3-4-11(14(18)19)13(12)17(20)21/h3-5,10H,6-9H2,1-2H3,(H,18,19). The molecule has 21 heavy (non-hydrogen) atoms. The summed E-state index contributed by atoms with van der Waals surface area (Å²) >= 11 is 0. The van der Waals surface area contributed by atoms with Crippen molar-refractivity contribution >= 4 is 17.3 Å². The van der Waals surface area contributed by atoms with Crippen molar-refractivity contribution in [2.24, 2.45) is 0 Å². The Morgan fingerprint density at radius 2 is 1.90 bits per heavy atom. The van der Waals surface area contributed by atoms with Crippen LogP contribution in [-0.4, -0.2) is 53.1 Å². The number of aromatic carboxylic acids is 1. The fourth-order valence-corrected chi connectivity index (χ4v) is 2.63. The van der Waals surface area contributed by atoms with E-state index < -0.39 is 10.9 Å². The number of rotatable bonds is 4. The van der Waals surface area contributed by atoms with Crippen LogP contribution in [0.15, 0.2) is 18.2 Å². The molecule has 0 aromatic heterocycles. The Hall–Kier alpha value is -2.15. The molecule has 7 heteroatoms. The maximum Gasteiger partial charge on any atom is 0.342 e. The summed E-state index contributed by atoms with van der Waals surface area (Å²) in [6.07, 6.45) is 0. The van der Waals surface area contributed by atoms with Crippen LogP contribution >= 0.6 is 0 Å². The van der Waals surface area contributed by atoms with Gasteiger partial charge in [0.15, 0.2) is 0 Å². The Bertz CT molecular complexity index is 551. The molecule has 7 nitrogen and oxygen atoms in total. The number of nitrogens with zero attached hydrogens (tertiary/aromatic N) is 3. The first kappa shape index (κ1) is 15.2. The largest absolute Gasteiger partial charge is 0.477 e. The summed E-state index contributed by atoms with van der Waals surface area (Å²) in [5.41, 5.74) is -0.185. The lowest BCUT2D eigenvalue weighted by molar-refractivity contribution is -0.384. The van der Waals surface area contributed by atoms with E-state index in [2.05, 4.69) is 18.7 Å². The van der Waals surface area contributed by atoms with Crippen LogP contribution in [0.4, 0.5) is 11.4 Å². The number of carboxylic acid groups (broad SMARTS) is 1. The molecule has 0 radical (unpaired) electrons. The Balaban J connectivity index is 2.31. The van der Waals surface area contributed by atoms with Crippen molar-refractivity contribution in [3.05, 3.63) is 33.9 Å². The first-order valence-corrected chi connectivity index (χ1v) is 6.91. The van der Waals surface area contributed by atoms with Crippen molar-refractivity contribution in [3.8, 4) is 0 Å². The lowest BCUT2D eigenvalue weighted by Gasteiger charge is -2.37. The maximum absolute atomic E-state index is 11.3. The van der Waals surface area contributed by atoms with Gasteiger partial charge in [-0.05, 0) is 26.0 Å². The van der Waals surface area contributed by atoms with Gasteiger partial charge in [-0.1, -0.05) is 6.07 Å². The summed E-state index contributed by atoms with van der Waals surface area (Å²) in [5, 5.41) is 20.4.